The van der Waals surface area contributed by atoms with E-state index in [2.05, 4.69) is 0 Å². The Labute approximate surface area is 216 Å². The summed E-state index contributed by atoms with van der Waals surface area (Å²) in [7, 11) is -0.566. The molecule has 0 heterocycles. The van der Waals surface area contributed by atoms with Crippen LogP contribution in [0.3, 0.4) is 0 Å². The van der Waals surface area contributed by atoms with Crippen molar-refractivity contribution in [1.29, 1.82) is 0 Å². The van der Waals surface area contributed by atoms with Crippen molar-refractivity contribution in [3.8, 4) is 23.0 Å². The Balaban J connectivity index is 2.17. The summed E-state index contributed by atoms with van der Waals surface area (Å²) in [5.74, 6) is 0.948. The Hall–Kier alpha value is -3.32. The first-order chi connectivity index (χ1) is 17.6. The van der Waals surface area contributed by atoms with Crippen LogP contribution in [0.15, 0.2) is 53.4 Å². The van der Waals surface area contributed by atoms with Crippen LogP contribution in [0, 0.1) is 12.7 Å². The fourth-order valence-corrected chi connectivity index (χ4v) is 5.61. The largest absolute Gasteiger partial charge is 0.497 e. The molecule has 0 bridgehead atoms. The van der Waals surface area contributed by atoms with Crippen LogP contribution < -0.4 is 24.4 Å². The van der Waals surface area contributed by atoms with Gasteiger partial charge in [0.05, 0.1) is 33.3 Å². The average molecular weight is 533 g/mol. The van der Waals surface area contributed by atoms with E-state index in [-0.39, 0.29) is 23.5 Å². The minimum atomic E-state index is -4.31. The number of hydrogen-bond donors (Lipinski definition) is 2. The van der Waals surface area contributed by atoms with Gasteiger partial charge in [-0.25, -0.2) is 12.8 Å². The Bertz CT molecular complexity index is 1310. The summed E-state index contributed by atoms with van der Waals surface area (Å²) >= 11 is 0. The Morgan fingerprint density at radius 2 is 1.30 bits per heavy atom. The van der Waals surface area contributed by atoms with Gasteiger partial charge in [-0.2, -0.15) is 4.31 Å². The maximum atomic E-state index is 14.3. The normalized spacial score (nSPS) is 11.4. The molecule has 9 nitrogen and oxygen atoms in total. The number of nitrogens with zero attached hydrogens (tertiary/aromatic N) is 1. The molecule has 37 heavy (non-hydrogen) atoms. The van der Waals surface area contributed by atoms with Crippen LogP contribution in [-0.4, -0.2) is 58.3 Å². The molecule has 0 saturated heterocycles. The lowest BCUT2D eigenvalue weighted by molar-refractivity contribution is 0.358. The van der Waals surface area contributed by atoms with Crippen LogP contribution >= 0.6 is 0 Å². The quantitative estimate of drug-likeness (QED) is 0.361. The van der Waals surface area contributed by atoms with Crippen LogP contribution in [0.4, 0.5) is 4.39 Å². The highest BCUT2D eigenvalue weighted by Gasteiger charge is 2.32. The first-order valence-corrected chi connectivity index (χ1v) is 12.6. The lowest BCUT2D eigenvalue weighted by Crippen LogP contribution is -2.38. The SMILES string of the molecule is COc1ccc(CN(Cc2ccc(OC)cc2OC)S(=O)(=O)c2ccc(F)c(B(O)O)c2C)c(OC)c1. The van der Waals surface area contributed by atoms with Crippen LogP contribution in [0.2, 0.25) is 0 Å². The smallest absolute Gasteiger partial charge is 0.491 e. The first kappa shape index (κ1) is 28.3. The Morgan fingerprint density at radius 1 is 0.811 bits per heavy atom. The summed E-state index contributed by atoms with van der Waals surface area (Å²) < 4.78 is 64.9. The highest BCUT2D eigenvalue weighted by Crippen LogP contribution is 2.32. The second-order valence-corrected chi connectivity index (χ2v) is 9.99. The zero-order valence-electron chi connectivity index (χ0n) is 21.2. The average Bonchev–Trinajstić information content (AvgIpc) is 2.88. The van der Waals surface area contributed by atoms with Crippen LogP contribution in [0.25, 0.3) is 0 Å². The lowest BCUT2D eigenvalue weighted by atomic mass is 9.77. The van der Waals surface area contributed by atoms with E-state index >= 15 is 0 Å². The molecule has 0 aliphatic carbocycles. The standard InChI is InChI=1S/C25H29BFNO8S/c1-16-24(11-10-21(27)25(16)26(29)30)37(31,32)28(14-17-6-8-19(33-2)12-22(17)35-4)15-18-7-9-20(34-3)13-23(18)36-5/h6-13,29-30H,14-15H2,1-5H3. The Kier molecular flexibility index (Phi) is 9.03. The highest BCUT2D eigenvalue weighted by atomic mass is 32.2. The molecular weight excluding hydrogens is 504 g/mol. The second kappa shape index (κ2) is 11.8. The van der Waals surface area contributed by atoms with Gasteiger partial charge in [-0.15, -0.1) is 0 Å². The van der Waals surface area contributed by atoms with Crippen molar-refractivity contribution >= 4 is 22.6 Å². The summed E-state index contributed by atoms with van der Waals surface area (Å²) in [6, 6.07) is 12.0. The van der Waals surface area contributed by atoms with E-state index in [1.807, 2.05) is 0 Å². The predicted molar refractivity (Wildman–Crippen MR) is 136 cm³/mol. The van der Waals surface area contributed by atoms with E-state index in [0.717, 1.165) is 12.1 Å². The maximum Gasteiger partial charge on any atom is 0.491 e. The molecule has 0 aliphatic heterocycles. The van der Waals surface area contributed by atoms with E-state index in [1.54, 1.807) is 36.4 Å². The molecule has 2 N–H and O–H groups in total. The van der Waals surface area contributed by atoms with Gasteiger partial charge in [-0.3, -0.25) is 0 Å². The molecule has 0 atom stereocenters. The molecule has 0 unspecified atom stereocenters. The number of hydrogen-bond acceptors (Lipinski definition) is 8. The molecule has 0 fully saturated rings. The zero-order chi connectivity index (χ0) is 27.3. The number of methoxy groups -OCH3 is 4. The van der Waals surface area contributed by atoms with Gasteiger partial charge in [-0.1, -0.05) is 12.1 Å². The molecule has 0 amide bonds. The topological polar surface area (TPSA) is 115 Å². The molecule has 3 rings (SSSR count). The van der Waals surface area contributed by atoms with Gasteiger partial charge in [-0.05, 0) is 36.8 Å². The van der Waals surface area contributed by atoms with E-state index in [0.29, 0.717) is 34.1 Å². The van der Waals surface area contributed by atoms with Gasteiger partial charge < -0.3 is 29.0 Å². The third-order valence-corrected chi connectivity index (χ3v) is 7.91. The molecule has 198 valence electrons. The zero-order valence-corrected chi connectivity index (χ0v) is 22.0. The van der Waals surface area contributed by atoms with Gasteiger partial charge in [0.1, 0.15) is 28.8 Å². The van der Waals surface area contributed by atoms with Crippen molar-refractivity contribution in [3.05, 3.63) is 71.0 Å². The minimum Gasteiger partial charge on any atom is -0.497 e. The van der Waals surface area contributed by atoms with Crippen LogP contribution in [0.1, 0.15) is 16.7 Å². The van der Waals surface area contributed by atoms with E-state index < -0.39 is 28.4 Å². The molecule has 0 aromatic heterocycles. The van der Waals surface area contributed by atoms with Gasteiger partial charge in [0.15, 0.2) is 0 Å². The fraction of sp³-hybridized carbons (Fsp3) is 0.280. The number of halogens is 1. The molecule has 0 saturated carbocycles. The van der Waals surface area contributed by atoms with Crippen LogP contribution in [0.5, 0.6) is 23.0 Å². The third kappa shape index (κ3) is 5.99. The van der Waals surface area contributed by atoms with Crippen molar-refractivity contribution < 1.29 is 41.8 Å². The minimum absolute atomic E-state index is 0.108. The predicted octanol–water partition coefficient (Wildman–Crippen LogP) is 2.24. The number of benzene rings is 3. The number of ether oxygens (including phenoxy) is 4. The molecule has 12 heteroatoms. The van der Waals surface area contributed by atoms with E-state index in [9.17, 15) is 22.9 Å². The summed E-state index contributed by atoms with van der Waals surface area (Å²) in [6.07, 6.45) is 0. The van der Waals surface area contributed by atoms with Gasteiger partial charge in [0.25, 0.3) is 0 Å². The van der Waals surface area contributed by atoms with Crippen molar-refractivity contribution in [2.75, 3.05) is 28.4 Å². The summed E-state index contributed by atoms with van der Waals surface area (Å²) in [6.45, 7) is 1.07. The van der Waals surface area contributed by atoms with E-state index in [1.165, 1.54) is 39.7 Å². The number of sulfonamides is 1. The van der Waals surface area contributed by atoms with Gasteiger partial charge in [0.2, 0.25) is 10.0 Å². The van der Waals surface area contributed by atoms with Crippen LogP contribution in [-0.2, 0) is 23.1 Å². The monoisotopic (exact) mass is 533 g/mol. The first-order valence-electron chi connectivity index (χ1n) is 11.1. The molecule has 3 aromatic carbocycles. The maximum absolute atomic E-state index is 14.3. The molecule has 0 aliphatic rings. The van der Waals surface area contributed by atoms with E-state index in [4.69, 9.17) is 18.9 Å². The lowest BCUT2D eigenvalue weighted by Gasteiger charge is -2.26. The molecule has 0 radical (unpaired) electrons. The van der Waals surface area contributed by atoms with Gasteiger partial charge in [0, 0.05) is 41.8 Å². The molecule has 0 spiro atoms. The number of rotatable bonds is 11. The van der Waals surface area contributed by atoms with Crippen molar-refractivity contribution in [3.63, 3.8) is 0 Å². The Morgan fingerprint density at radius 3 is 1.70 bits per heavy atom. The van der Waals surface area contributed by atoms with Crippen molar-refractivity contribution in [2.24, 2.45) is 0 Å². The second-order valence-electron chi connectivity index (χ2n) is 8.09. The molecule has 3 aromatic rings. The summed E-state index contributed by atoms with van der Waals surface area (Å²) in [4.78, 5) is -0.267. The van der Waals surface area contributed by atoms with Gasteiger partial charge >= 0.3 is 7.12 Å². The highest BCUT2D eigenvalue weighted by molar-refractivity contribution is 7.89. The summed E-state index contributed by atoms with van der Waals surface area (Å²) in [5.41, 5.74) is 0.469. The fourth-order valence-electron chi connectivity index (χ4n) is 3.98. The third-order valence-electron chi connectivity index (χ3n) is 5.97. The summed E-state index contributed by atoms with van der Waals surface area (Å²) in [5, 5.41) is 19.3. The van der Waals surface area contributed by atoms with Crippen molar-refractivity contribution in [2.45, 2.75) is 24.9 Å². The molecular formula is C25H29BFNO8S. The van der Waals surface area contributed by atoms with Crippen molar-refractivity contribution in [1.82, 2.24) is 4.31 Å².